The zero-order chi connectivity index (χ0) is 13.7. The van der Waals surface area contributed by atoms with E-state index in [1.165, 1.54) is 6.92 Å². The minimum Gasteiger partial charge on any atom is -0.456 e. The van der Waals surface area contributed by atoms with E-state index in [2.05, 4.69) is 11.3 Å². The van der Waals surface area contributed by atoms with Crippen molar-refractivity contribution in [2.24, 2.45) is 0 Å². The lowest BCUT2D eigenvalue weighted by Gasteiger charge is -2.26. The van der Waals surface area contributed by atoms with Crippen LogP contribution in [-0.2, 0) is 9.53 Å². The van der Waals surface area contributed by atoms with Crippen molar-refractivity contribution in [3.8, 4) is 0 Å². The molecule has 0 aromatic carbocycles. The minimum absolute atomic E-state index is 0.393. The second-order valence-electron chi connectivity index (χ2n) is 4.35. The fourth-order valence-corrected chi connectivity index (χ4v) is 4.73. The Morgan fingerprint density at radius 2 is 2.12 bits per heavy atom. The molecule has 17 heavy (non-hydrogen) atoms. The second-order valence-corrected chi connectivity index (χ2v) is 9.86. The van der Waals surface area contributed by atoms with Gasteiger partial charge in [0.05, 0.1) is 14.2 Å². The molecule has 0 amide bonds. The van der Waals surface area contributed by atoms with Crippen molar-refractivity contribution < 1.29 is 22.7 Å². The summed E-state index contributed by atoms with van der Waals surface area (Å²) in [5, 5.41) is 0. The smallest absolute Gasteiger partial charge is 0.456 e. The molecule has 0 heterocycles. The van der Waals surface area contributed by atoms with Gasteiger partial charge in [-0.15, -0.1) is 18.2 Å². The molecular formula is C10H16ClF3O2Si. The monoisotopic (exact) mass is 288 g/mol. The summed E-state index contributed by atoms with van der Waals surface area (Å²) in [7, 11) is -1.91. The third-order valence-corrected chi connectivity index (χ3v) is 7.70. The lowest BCUT2D eigenvalue weighted by Crippen LogP contribution is -2.38. The van der Waals surface area contributed by atoms with Crippen molar-refractivity contribution in [2.75, 3.05) is 5.50 Å². The van der Waals surface area contributed by atoms with Gasteiger partial charge in [0, 0.05) is 5.50 Å². The molecule has 2 nitrogen and oxygen atoms in total. The number of esters is 1. The maximum Gasteiger partial charge on any atom is 0.490 e. The molecule has 0 bridgehead atoms. The molecule has 100 valence electrons. The summed E-state index contributed by atoms with van der Waals surface area (Å²) in [5.74, 6) is -2.14. The van der Waals surface area contributed by atoms with E-state index in [-0.39, 0.29) is 0 Å². The Labute approximate surface area is 105 Å². The third-order valence-electron chi connectivity index (χ3n) is 2.28. The van der Waals surface area contributed by atoms with Gasteiger partial charge in [0.1, 0.15) is 0 Å². The van der Waals surface area contributed by atoms with E-state index < -0.39 is 26.3 Å². The van der Waals surface area contributed by atoms with Crippen molar-refractivity contribution in [1.82, 2.24) is 0 Å². The Bertz CT molecular complexity index is 283. The van der Waals surface area contributed by atoms with Crippen molar-refractivity contribution in [2.45, 2.75) is 37.8 Å². The van der Waals surface area contributed by atoms with E-state index in [9.17, 15) is 18.0 Å². The number of allylic oxidation sites excluding steroid dienone is 1. The van der Waals surface area contributed by atoms with Gasteiger partial charge in [-0.2, -0.15) is 13.2 Å². The van der Waals surface area contributed by atoms with Gasteiger partial charge in [-0.05, 0) is 19.0 Å². The highest BCUT2D eigenvalue weighted by atomic mass is 35.5. The van der Waals surface area contributed by atoms with Crippen molar-refractivity contribution in [3.05, 3.63) is 12.7 Å². The van der Waals surface area contributed by atoms with Crippen LogP contribution in [-0.4, -0.2) is 31.8 Å². The predicted molar refractivity (Wildman–Crippen MR) is 63.8 cm³/mol. The van der Waals surface area contributed by atoms with Crippen molar-refractivity contribution in [3.63, 3.8) is 0 Å². The summed E-state index contributed by atoms with van der Waals surface area (Å²) in [6, 6.07) is 1.08. The lowest BCUT2D eigenvalue weighted by atomic mass is 10.5. The molecular weight excluding hydrogens is 273 g/mol. The molecule has 7 heteroatoms. The number of hydrogen-bond donors (Lipinski definition) is 0. The summed E-state index contributed by atoms with van der Waals surface area (Å²) >= 11 is 5.81. The fourth-order valence-electron chi connectivity index (χ4n) is 1.53. The summed E-state index contributed by atoms with van der Waals surface area (Å²) in [5.41, 5.74) is 0.396. The molecule has 0 aliphatic heterocycles. The maximum absolute atomic E-state index is 12.0. The SMILES string of the molecule is C=CC[Si](C)(CCl)CC(C)OC(=O)C(F)(F)F. The number of carbonyl (C=O) groups excluding carboxylic acids is 1. The predicted octanol–water partition coefficient (Wildman–Crippen LogP) is 3.52. The number of rotatable bonds is 6. The van der Waals surface area contributed by atoms with E-state index in [1.807, 2.05) is 6.55 Å². The standard InChI is InChI=1S/C10H16ClF3O2Si/c1-4-5-17(3,7-11)6-8(2)16-9(15)10(12,13)14/h4,8H,1,5-7H2,2-3H3. The largest absolute Gasteiger partial charge is 0.490 e. The minimum atomic E-state index is -4.94. The molecule has 0 saturated heterocycles. The number of alkyl halides is 4. The molecule has 0 fully saturated rings. The van der Waals surface area contributed by atoms with Gasteiger partial charge < -0.3 is 4.74 Å². The van der Waals surface area contributed by atoms with Gasteiger partial charge in [0.15, 0.2) is 0 Å². The van der Waals surface area contributed by atoms with Crippen LogP contribution >= 0.6 is 11.6 Å². The zero-order valence-corrected chi connectivity index (χ0v) is 11.6. The van der Waals surface area contributed by atoms with E-state index in [0.29, 0.717) is 17.6 Å². The van der Waals surface area contributed by atoms with Crippen LogP contribution in [0.15, 0.2) is 12.7 Å². The highest BCUT2D eigenvalue weighted by Crippen LogP contribution is 2.24. The first kappa shape index (κ1) is 16.5. The molecule has 2 atom stereocenters. The van der Waals surface area contributed by atoms with Crippen LogP contribution < -0.4 is 0 Å². The molecule has 0 aromatic rings. The lowest BCUT2D eigenvalue weighted by molar-refractivity contribution is -0.203. The van der Waals surface area contributed by atoms with Crippen LogP contribution in [0.4, 0.5) is 13.2 Å². The summed E-state index contributed by atoms with van der Waals surface area (Å²) in [6.07, 6.45) is -4.02. The van der Waals surface area contributed by atoms with Crippen LogP contribution in [0.2, 0.25) is 18.6 Å². The topological polar surface area (TPSA) is 26.3 Å². The normalized spacial score (nSPS) is 17.1. The quantitative estimate of drug-likeness (QED) is 0.323. The third kappa shape index (κ3) is 6.12. The first-order valence-corrected chi connectivity index (χ1v) is 8.75. The highest BCUT2D eigenvalue weighted by Gasteiger charge is 2.42. The summed E-state index contributed by atoms with van der Waals surface area (Å²) < 4.78 is 40.2. The van der Waals surface area contributed by atoms with Crippen LogP contribution in [0.3, 0.4) is 0 Å². The van der Waals surface area contributed by atoms with Crippen LogP contribution in [0.5, 0.6) is 0 Å². The van der Waals surface area contributed by atoms with Gasteiger partial charge >= 0.3 is 12.1 Å². The van der Waals surface area contributed by atoms with Gasteiger partial charge in [-0.1, -0.05) is 12.6 Å². The second kappa shape index (κ2) is 6.44. The Balaban J connectivity index is 4.39. The molecule has 0 spiro atoms. The highest BCUT2D eigenvalue weighted by molar-refractivity contribution is 6.84. The van der Waals surface area contributed by atoms with Gasteiger partial charge in [0.25, 0.3) is 0 Å². The van der Waals surface area contributed by atoms with Gasteiger partial charge in [-0.25, -0.2) is 4.79 Å². The number of halogens is 4. The summed E-state index contributed by atoms with van der Waals surface area (Å²) in [4.78, 5) is 10.6. The fraction of sp³-hybridized carbons (Fsp3) is 0.700. The van der Waals surface area contributed by atoms with E-state index >= 15 is 0 Å². The molecule has 0 N–H and O–H groups in total. The van der Waals surface area contributed by atoms with E-state index in [4.69, 9.17) is 11.6 Å². The van der Waals surface area contributed by atoms with E-state index in [1.54, 1.807) is 6.08 Å². The average molecular weight is 289 g/mol. The Morgan fingerprint density at radius 3 is 2.47 bits per heavy atom. The van der Waals surface area contributed by atoms with Gasteiger partial charge in [0.2, 0.25) is 0 Å². The molecule has 0 saturated carbocycles. The first-order chi connectivity index (χ1) is 7.64. The van der Waals surface area contributed by atoms with Crippen LogP contribution in [0.25, 0.3) is 0 Å². The zero-order valence-electron chi connectivity index (χ0n) is 9.81. The molecule has 0 aromatic heterocycles. The number of carbonyl (C=O) groups is 1. The Kier molecular flexibility index (Phi) is 6.26. The Hall–Kier alpha value is -0.493. The first-order valence-electron chi connectivity index (χ1n) is 5.09. The maximum atomic E-state index is 12.0. The molecule has 0 rings (SSSR count). The molecule has 0 radical (unpaired) electrons. The van der Waals surface area contributed by atoms with Crippen molar-refractivity contribution >= 4 is 25.6 Å². The molecule has 0 aliphatic rings. The summed E-state index contributed by atoms with van der Waals surface area (Å²) in [6.45, 7) is 6.98. The van der Waals surface area contributed by atoms with Crippen molar-refractivity contribution in [1.29, 1.82) is 0 Å². The number of ether oxygens (including phenoxy) is 1. The molecule has 0 aliphatic carbocycles. The number of hydrogen-bond acceptors (Lipinski definition) is 2. The van der Waals surface area contributed by atoms with E-state index in [0.717, 1.165) is 0 Å². The average Bonchev–Trinajstić information content (AvgIpc) is 2.16. The van der Waals surface area contributed by atoms with Gasteiger partial charge in [-0.3, -0.25) is 0 Å². The molecule has 2 unspecified atom stereocenters. The van der Waals surface area contributed by atoms with Crippen LogP contribution in [0, 0.1) is 0 Å². The van der Waals surface area contributed by atoms with Crippen LogP contribution in [0.1, 0.15) is 6.92 Å². The Morgan fingerprint density at radius 1 is 1.59 bits per heavy atom.